The first-order valence-electron chi connectivity index (χ1n) is 11.9. The lowest BCUT2D eigenvalue weighted by Crippen LogP contribution is -2.54. The quantitative estimate of drug-likeness (QED) is 0.635. The summed E-state index contributed by atoms with van der Waals surface area (Å²) in [6.45, 7) is 4.30. The van der Waals surface area contributed by atoms with E-state index in [1.54, 1.807) is 12.1 Å². The van der Waals surface area contributed by atoms with Crippen molar-refractivity contribution in [2.75, 3.05) is 37.6 Å². The number of aliphatic hydroxyl groups is 1. The zero-order chi connectivity index (χ0) is 22.9. The number of anilines is 1. The van der Waals surface area contributed by atoms with Crippen molar-refractivity contribution in [2.45, 2.75) is 43.7 Å². The number of nitrogens with one attached hydrogen (secondary N) is 1. The number of benzene rings is 1. The standard InChI is InChI=1S/C24H28N4O5/c29-20-4-3-19(21(30)25-20)28-22(31)17-2-1-16(10-18(17)23(28)32)27-7-5-24(33,6-8-27)13-26-11-14-9-15(14)12-26/h1-2,10,14-15,19,33H,3-9,11-13H2,(H,25,29,30). The minimum atomic E-state index is -0.958. The molecule has 3 saturated heterocycles. The number of hydrogen-bond acceptors (Lipinski definition) is 7. The van der Waals surface area contributed by atoms with Gasteiger partial charge in [-0.15, -0.1) is 0 Å². The summed E-state index contributed by atoms with van der Waals surface area (Å²) in [5.41, 5.74) is 0.733. The maximum Gasteiger partial charge on any atom is 0.262 e. The van der Waals surface area contributed by atoms with E-state index in [9.17, 15) is 24.3 Å². The topological polar surface area (TPSA) is 110 Å². The Morgan fingerprint density at radius 3 is 2.39 bits per heavy atom. The van der Waals surface area contributed by atoms with Crippen LogP contribution in [0.2, 0.25) is 0 Å². The number of carbonyl (C=O) groups is 4. The summed E-state index contributed by atoms with van der Waals surface area (Å²) in [7, 11) is 0. The van der Waals surface area contributed by atoms with E-state index in [2.05, 4.69) is 15.1 Å². The molecule has 0 spiro atoms. The van der Waals surface area contributed by atoms with Crippen LogP contribution < -0.4 is 10.2 Å². The highest BCUT2D eigenvalue weighted by molar-refractivity contribution is 6.23. The van der Waals surface area contributed by atoms with Crippen LogP contribution in [0.4, 0.5) is 5.69 Å². The van der Waals surface area contributed by atoms with Crippen LogP contribution in [-0.2, 0) is 9.59 Å². The van der Waals surface area contributed by atoms with E-state index in [-0.39, 0.29) is 24.3 Å². The number of fused-ring (bicyclic) bond motifs is 2. The highest BCUT2D eigenvalue weighted by atomic mass is 16.3. The molecule has 4 aliphatic heterocycles. The number of hydrogen-bond donors (Lipinski definition) is 2. The molecule has 1 aromatic rings. The van der Waals surface area contributed by atoms with Gasteiger partial charge in [-0.25, -0.2) is 0 Å². The van der Waals surface area contributed by atoms with Gasteiger partial charge in [0.05, 0.1) is 16.7 Å². The summed E-state index contributed by atoms with van der Waals surface area (Å²) in [5, 5.41) is 13.3. The second-order valence-corrected chi connectivity index (χ2v) is 10.3. The molecule has 0 radical (unpaired) electrons. The predicted molar refractivity (Wildman–Crippen MR) is 118 cm³/mol. The largest absolute Gasteiger partial charge is 0.388 e. The van der Waals surface area contributed by atoms with E-state index < -0.39 is 29.4 Å². The molecule has 4 heterocycles. The van der Waals surface area contributed by atoms with Crippen LogP contribution in [0.5, 0.6) is 0 Å². The third-order valence-corrected chi connectivity index (χ3v) is 8.06. The van der Waals surface area contributed by atoms with Crippen LogP contribution in [-0.4, -0.2) is 82.9 Å². The number of piperidine rings is 3. The predicted octanol–water partition coefficient (Wildman–Crippen LogP) is 0.371. The Bertz CT molecular complexity index is 1050. The third-order valence-electron chi connectivity index (χ3n) is 8.06. The summed E-state index contributed by atoms with van der Waals surface area (Å²) < 4.78 is 0. The van der Waals surface area contributed by atoms with Crippen molar-refractivity contribution >= 4 is 29.3 Å². The first kappa shape index (κ1) is 20.8. The van der Waals surface area contributed by atoms with Gasteiger partial charge in [-0.2, -0.15) is 0 Å². The highest BCUT2D eigenvalue weighted by Gasteiger charge is 2.47. The Hall–Kier alpha value is -2.78. The van der Waals surface area contributed by atoms with Gasteiger partial charge >= 0.3 is 0 Å². The summed E-state index contributed by atoms with van der Waals surface area (Å²) in [6, 6.07) is 4.24. The van der Waals surface area contributed by atoms with Crippen molar-refractivity contribution in [1.82, 2.24) is 15.1 Å². The van der Waals surface area contributed by atoms with Crippen LogP contribution in [0.1, 0.15) is 52.8 Å². The normalized spacial score (nSPS) is 31.0. The van der Waals surface area contributed by atoms with E-state index >= 15 is 0 Å². The molecule has 4 fully saturated rings. The van der Waals surface area contributed by atoms with Crippen LogP contribution >= 0.6 is 0 Å². The van der Waals surface area contributed by atoms with Gasteiger partial charge in [0.1, 0.15) is 6.04 Å². The van der Waals surface area contributed by atoms with E-state index in [1.807, 2.05) is 6.07 Å². The molecule has 2 N–H and O–H groups in total. The lowest BCUT2D eigenvalue weighted by atomic mass is 9.90. The number of likely N-dealkylation sites (tertiary alicyclic amines) is 1. The second-order valence-electron chi connectivity index (χ2n) is 10.3. The third kappa shape index (κ3) is 3.54. The zero-order valence-electron chi connectivity index (χ0n) is 18.5. The molecule has 1 saturated carbocycles. The first-order chi connectivity index (χ1) is 15.8. The minimum absolute atomic E-state index is 0.102. The molecule has 1 aromatic carbocycles. The van der Waals surface area contributed by atoms with Gasteiger partial charge in [-0.3, -0.25) is 34.3 Å². The fraction of sp³-hybridized carbons (Fsp3) is 0.583. The van der Waals surface area contributed by atoms with Gasteiger partial charge < -0.3 is 10.0 Å². The molecular weight excluding hydrogens is 424 g/mol. The molecule has 5 aliphatic rings. The minimum Gasteiger partial charge on any atom is -0.388 e. The van der Waals surface area contributed by atoms with E-state index in [0.717, 1.165) is 42.1 Å². The smallest absolute Gasteiger partial charge is 0.262 e. The highest BCUT2D eigenvalue weighted by Crippen LogP contribution is 2.45. The van der Waals surface area contributed by atoms with Crippen LogP contribution in [0.3, 0.4) is 0 Å². The van der Waals surface area contributed by atoms with Crippen molar-refractivity contribution in [1.29, 1.82) is 0 Å². The fourth-order valence-corrected chi connectivity index (χ4v) is 6.04. The molecular formula is C24H28N4O5. The molecule has 9 nitrogen and oxygen atoms in total. The fourth-order valence-electron chi connectivity index (χ4n) is 6.04. The van der Waals surface area contributed by atoms with Gasteiger partial charge in [-0.1, -0.05) is 0 Å². The molecule has 174 valence electrons. The van der Waals surface area contributed by atoms with Crippen LogP contribution in [0.25, 0.3) is 0 Å². The number of carbonyl (C=O) groups excluding carboxylic acids is 4. The molecule has 9 heteroatoms. The van der Waals surface area contributed by atoms with Crippen molar-refractivity contribution in [2.24, 2.45) is 11.8 Å². The molecule has 0 aromatic heterocycles. The average molecular weight is 453 g/mol. The molecule has 6 rings (SSSR count). The molecule has 4 amide bonds. The van der Waals surface area contributed by atoms with E-state index in [1.165, 1.54) is 6.42 Å². The lowest BCUT2D eigenvalue weighted by molar-refractivity contribution is -0.136. The van der Waals surface area contributed by atoms with Gasteiger partial charge in [0.25, 0.3) is 11.8 Å². The summed E-state index contributed by atoms with van der Waals surface area (Å²) >= 11 is 0. The summed E-state index contributed by atoms with van der Waals surface area (Å²) in [4.78, 5) is 55.2. The average Bonchev–Trinajstić information content (AvgIpc) is 3.32. The summed E-state index contributed by atoms with van der Waals surface area (Å²) in [5.74, 6) is -0.284. The monoisotopic (exact) mass is 452 g/mol. The van der Waals surface area contributed by atoms with Gasteiger partial charge in [0, 0.05) is 44.8 Å². The zero-order valence-corrected chi connectivity index (χ0v) is 18.5. The van der Waals surface area contributed by atoms with Gasteiger partial charge in [0.2, 0.25) is 11.8 Å². The SMILES string of the molecule is O=C1CCC(N2C(=O)c3ccc(N4CCC(O)(CN5CC6CC6C5)CC4)cc3C2=O)C(=O)N1. The molecule has 3 unspecified atom stereocenters. The van der Waals surface area contributed by atoms with E-state index in [4.69, 9.17) is 0 Å². The maximum atomic E-state index is 13.1. The Labute approximate surface area is 191 Å². The van der Waals surface area contributed by atoms with Crippen molar-refractivity contribution < 1.29 is 24.3 Å². The number of rotatable bonds is 4. The molecule has 0 bridgehead atoms. The summed E-state index contributed by atoms with van der Waals surface area (Å²) in [6.07, 6.45) is 2.91. The van der Waals surface area contributed by atoms with Crippen LogP contribution in [0, 0.1) is 11.8 Å². The molecule has 1 aliphatic carbocycles. The van der Waals surface area contributed by atoms with Gasteiger partial charge in [0.15, 0.2) is 0 Å². The van der Waals surface area contributed by atoms with Crippen molar-refractivity contribution in [3.05, 3.63) is 29.3 Å². The Kier molecular flexibility index (Phi) is 4.64. The molecule has 3 atom stereocenters. The maximum absolute atomic E-state index is 13.1. The Balaban J connectivity index is 1.14. The molecule has 33 heavy (non-hydrogen) atoms. The number of amides is 4. The van der Waals surface area contributed by atoms with Gasteiger partial charge in [-0.05, 0) is 55.7 Å². The van der Waals surface area contributed by atoms with Crippen molar-refractivity contribution in [3.8, 4) is 0 Å². The Morgan fingerprint density at radius 1 is 1.00 bits per heavy atom. The van der Waals surface area contributed by atoms with E-state index in [0.29, 0.717) is 31.5 Å². The first-order valence-corrected chi connectivity index (χ1v) is 11.9. The number of imide groups is 2. The lowest BCUT2D eigenvalue weighted by Gasteiger charge is -2.41. The Morgan fingerprint density at radius 2 is 1.70 bits per heavy atom. The number of β-amino-alcohol motifs (C(OH)–C–C–N with tert-alkyl or cyclic N) is 1. The van der Waals surface area contributed by atoms with Crippen molar-refractivity contribution in [3.63, 3.8) is 0 Å². The van der Waals surface area contributed by atoms with Crippen LogP contribution in [0.15, 0.2) is 18.2 Å². The number of nitrogens with zero attached hydrogens (tertiary/aromatic N) is 3. The second kappa shape index (κ2) is 7.36.